The Labute approximate surface area is 163 Å². The van der Waals surface area contributed by atoms with Gasteiger partial charge in [-0.3, -0.25) is 4.98 Å². The van der Waals surface area contributed by atoms with Gasteiger partial charge in [-0.2, -0.15) is 0 Å². The van der Waals surface area contributed by atoms with Crippen LogP contribution >= 0.6 is 0 Å². The Hall–Kier alpha value is -3.85. The summed E-state index contributed by atoms with van der Waals surface area (Å²) < 4.78 is 0. The van der Waals surface area contributed by atoms with Gasteiger partial charge in [-0.25, -0.2) is 9.97 Å². The highest BCUT2D eigenvalue weighted by Gasteiger charge is 2.07. The van der Waals surface area contributed by atoms with Gasteiger partial charge in [0.2, 0.25) is 0 Å². The summed E-state index contributed by atoms with van der Waals surface area (Å²) in [5, 5.41) is 1.15. The smallest absolute Gasteiger partial charge is 0.159 e. The Balaban J connectivity index is 1.52. The van der Waals surface area contributed by atoms with Crippen molar-refractivity contribution in [1.82, 2.24) is 15.0 Å². The number of hydrogen-bond acceptors (Lipinski definition) is 3. The number of rotatable bonds is 3. The highest BCUT2D eigenvalue weighted by Crippen LogP contribution is 2.29. The summed E-state index contributed by atoms with van der Waals surface area (Å²) in [5.41, 5.74) is 6.35. The fraction of sp³-hybridized carbons (Fsp3) is 0. The summed E-state index contributed by atoms with van der Waals surface area (Å²) >= 11 is 0. The lowest BCUT2D eigenvalue weighted by atomic mass is 9.99. The molecular weight excluding hydrogens is 342 g/mol. The molecular formula is C25H17N3. The quantitative estimate of drug-likeness (QED) is 0.395. The molecule has 2 heterocycles. The molecule has 5 aromatic rings. The summed E-state index contributed by atoms with van der Waals surface area (Å²) in [7, 11) is 0. The van der Waals surface area contributed by atoms with Crippen LogP contribution < -0.4 is 0 Å². The zero-order chi connectivity index (χ0) is 18.8. The van der Waals surface area contributed by atoms with Gasteiger partial charge in [-0.05, 0) is 29.3 Å². The third kappa shape index (κ3) is 3.03. The average Bonchev–Trinajstić information content (AvgIpc) is 2.79. The maximum Gasteiger partial charge on any atom is 0.159 e. The second-order valence-electron chi connectivity index (χ2n) is 6.58. The first kappa shape index (κ1) is 16.3. The summed E-state index contributed by atoms with van der Waals surface area (Å²) in [5.74, 6) is 0.729. The third-order valence-electron chi connectivity index (χ3n) is 4.82. The minimum atomic E-state index is 0.729. The lowest BCUT2D eigenvalue weighted by Crippen LogP contribution is -1.91. The van der Waals surface area contributed by atoms with E-state index in [9.17, 15) is 0 Å². The second kappa shape index (κ2) is 7.05. The zero-order valence-corrected chi connectivity index (χ0v) is 15.2. The van der Waals surface area contributed by atoms with E-state index in [1.54, 1.807) is 0 Å². The molecule has 0 aliphatic carbocycles. The summed E-state index contributed by atoms with van der Waals surface area (Å²) in [6.45, 7) is 0. The van der Waals surface area contributed by atoms with E-state index in [1.165, 1.54) is 5.56 Å². The maximum atomic E-state index is 4.74. The third-order valence-corrected chi connectivity index (χ3v) is 4.82. The van der Waals surface area contributed by atoms with Gasteiger partial charge in [0.15, 0.2) is 5.82 Å². The van der Waals surface area contributed by atoms with E-state index in [2.05, 4.69) is 58.5 Å². The normalized spacial score (nSPS) is 10.9. The zero-order valence-electron chi connectivity index (χ0n) is 15.2. The van der Waals surface area contributed by atoms with Crippen LogP contribution in [0.5, 0.6) is 0 Å². The molecule has 0 aliphatic heterocycles. The number of aromatic nitrogens is 3. The van der Waals surface area contributed by atoms with E-state index in [0.717, 1.165) is 39.1 Å². The van der Waals surface area contributed by atoms with Crippen molar-refractivity contribution in [1.29, 1.82) is 0 Å². The number of hydrogen-bond donors (Lipinski definition) is 0. The van der Waals surface area contributed by atoms with Crippen molar-refractivity contribution in [2.75, 3.05) is 0 Å². The molecule has 28 heavy (non-hydrogen) atoms. The maximum absolute atomic E-state index is 4.74. The lowest BCUT2D eigenvalue weighted by Gasteiger charge is -2.08. The molecule has 0 aliphatic rings. The van der Waals surface area contributed by atoms with Crippen molar-refractivity contribution in [2.24, 2.45) is 0 Å². The molecule has 3 heteroatoms. The van der Waals surface area contributed by atoms with Crippen LogP contribution in [0.4, 0.5) is 0 Å². The Kier molecular flexibility index (Phi) is 4.11. The molecule has 132 valence electrons. The molecule has 5 rings (SSSR count). The van der Waals surface area contributed by atoms with Crippen molar-refractivity contribution >= 4 is 10.9 Å². The van der Waals surface area contributed by atoms with E-state index in [4.69, 9.17) is 4.98 Å². The molecule has 0 unspecified atom stereocenters. The van der Waals surface area contributed by atoms with E-state index in [0.29, 0.717) is 0 Å². The van der Waals surface area contributed by atoms with E-state index >= 15 is 0 Å². The van der Waals surface area contributed by atoms with Gasteiger partial charge in [0.05, 0.1) is 11.2 Å². The predicted molar refractivity (Wildman–Crippen MR) is 114 cm³/mol. The van der Waals surface area contributed by atoms with Gasteiger partial charge in [-0.15, -0.1) is 0 Å². The lowest BCUT2D eigenvalue weighted by molar-refractivity contribution is 1.18. The highest BCUT2D eigenvalue weighted by atomic mass is 14.9. The average molecular weight is 359 g/mol. The number of pyridine rings is 1. The molecule has 0 N–H and O–H groups in total. The molecule has 3 aromatic carbocycles. The van der Waals surface area contributed by atoms with Crippen LogP contribution in [0.15, 0.2) is 103 Å². The van der Waals surface area contributed by atoms with Crippen LogP contribution in [0, 0.1) is 0 Å². The van der Waals surface area contributed by atoms with Crippen LogP contribution in [0.2, 0.25) is 0 Å². The van der Waals surface area contributed by atoms with Crippen LogP contribution in [-0.2, 0) is 0 Å². The van der Waals surface area contributed by atoms with E-state index in [1.807, 2.05) is 54.9 Å². The van der Waals surface area contributed by atoms with Gasteiger partial charge in [0, 0.05) is 28.9 Å². The standard InChI is InChI=1S/C25H17N3/c1-2-6-19(7-3-1)23-15-17-27-25(28-23)20-13-11-18(12-14-20)21-8-4-10-24-22(21)9-5-16-26-24/h1-17H. The molecule has 3 nitrogen and oxygen atoms in total. The van der Waals surface area contributed by atoms with Gasteiger partial charge >= 0.3 is 0 Å². The minimum absolute atomic E-state index is 0.729. The molecule has 0 saturated carbocycles. The Bertz CT molecular complexity index is 1240. The van der Waals surface area contributed by atoms with Crippen LogP contribution in [0.25, 0.3) is 44.7 Å². The topological polar surface area (TPSA) is 38.7 Å². The summed E-state index contributed by atoms with van der Waals surface area (Å²) in [4.78, 5) is 13.7. The molecule has 0 spiro atoms. The van der Waals surface area contributed by atoms with Crippen LogP contribution in [-0.4, -0.2) is 15.0 Å². The molecule has 0 radical (unpaired) electrons. The van der Waals surface area contributed by atoms with E-state index in [-0.39, 0.29) is 0 Å². The van der Waals surface area contributed by atoms with E-state index < -0.39 is 0 Å². The number of nitrogens with zero attached hydrogens (tertiary/aromatic N) is 3. The van der Waals surface area contributed by atoms with Crippen molar-refractivity contribution in [3.63, 3.8) is 0 Å². The van der Waals surface area contributed by atoms with Crippen molar-refractivity contribution in [3.8, 4) is 33.8 Å². The van der Waals surface area contributed by atoms with Crippen molar-refractivity contribution in [3.05, 3.63) is 103 Å². The van der Waals surface area contributed by atoms with Crippen molar-refractivity contribution < 1.29 is 0 Å². The summed E-state index contributed by atoms with van der Waals surface area (Å²) in [6.07, 6.45) is 3.64. The molecule has 2 aromatic heterocycles. The molecule has 0 amide bonds. The van der Waals surface area contributed by atoms with Crippen LogP contribution in [0.1, 0.15) is 0 Å². The summed E-state index contributed by atoms with van der Waals surface area (Å²) in [6, 6.07) is 30.8. The Morgan fingerprint density at radius 2 is 1.32 bits per heavy atom. The fourth-order valence-corrected chi connectivity index (χ4v) is 3.42. The van der Waals surface area contributed by atoms with Gasteiger partial charge in [-0.1, -0.05) is 72.8 Å². The van der Waals surface area contributed by atoms with Crippen molar-refractivity contribution in [2.45, 2.75) is 0 Å². The first-order chi connectivity index (χ1) is 13.9. The monoisotopic (exact) mass is 359 g/mol. The van der Waals surface area contributed by atoms with Gasteiger partial charge in [0.25, 0.3) is 0 Å². The molecule has 0 saturated heterocycles. The molecule has 0 atom stereocenters. The first-order valence-corrected chi connectivity index (χ1v) is 9.21. The highest BCUT2D eigenvalue weighted by molar-refractivity contribution is 5.94. The van der Waals surface area contributed by atoms with Gasteiger partial charge < -0.3 is 0 Å². The SMILES string of the molecule is c1ccc(-c2ccnc(-c3ccc(-c4cccc5ncccc45)cc3)n2)cc1. The Morgan fingerprint density at radius 1 is 0.500 bits per heavy atom. The molecule has 0 fully saturated rings. The van der Waals surface area contributed by atoms with Gasteiger partial charge in [0.1, 0.15) is 0 Å². The van der Waals surface area contributed by atoms with Crippen LogP contribution in [0.3, 0.4) is 0 Å². The first-order valence-electron chi connectivity index (χ1n) is 9.21. The minimum Gasteiger partial charge on any atom is -0.256 e. The Morgan fingerprint density at radius 3 is 2.18 bits per heavy atom. The second-order valence-corrected chi connectivity index (χ2v) is 6.58. The molecule has 0 bridgehead atoms. The number of fused-ring (bicyclic) bond motifs is 1. The number of benzene rings is 3. The predicted octanol–water partition coefficient (Wildman–Crippen LogP) is 6.03. The largest absolute Gasteiger partial charge is 0.256 e. The fourth-order valence-electron chi connectivity index (χ4n) is 3.42.